The maximum Gasteiger partial charge on any atom is 0.0462 e. The Morgan fingerprint density at radius 2 is 0.603 bits per heavy atom. The summed E-state index contributed by atoms with van der Waals surface area (Å²) in [5.41, 5.74) is 17.8. The van der Waals surface area contributed by atoms with E-state index in [9.17, 15) is 0 Å². The molecule has 1 nitrogen and oxygen atoms in total. The highest BCUT2D eigenvalue weighted by atomic mass is 15.1. The van der Waals surface area contributed by atoms with Crippen LogP contribution in [0.2, 0.25) is 0 Å². The van der Waals surface area contributed by atoms with Gasteiger partial charge < -0.3 is 4.90 Å². The molecule has 0 aliphatic heterocycles. The zero-order valence-electron chi connectivity index (χ0n) is 34.8. The predicted molar refractivity (Wildman–Crippen MR) is 269 cm³/mol. The molecule has 0 aliphatic rings. The minimum absolute atomic E-state index is 1.10. The van der Waals surface area contributed by atoms with Crippen LogP contribution in [0.3, 0.4) is 0 Å². The van der Waals surface area contributed by atoms with Gasteiger partial charge in [-0.15, -0.1) is 0 Å². The molecule has 0 aliphatic carbocycles. The van der Waals surface area contributed by atoms with Crippen molar-refractivity contribution in [3.63, 3.8) is 0 Å². The Morgan fingerprint density at radius 3 is 1.14 bits per heavy atom. The van der Waals surface area contributed by atoms with Gasteiger partial charge in [-0.3, -0.25) is 0 Å². The van der Waals surface area contributed by atoms with Gasteiger partial charge in [-0.1, -0.05) is 218 Å². The van der Waals surface area contributed by atoms with E-state index in [2.05, 4.69) is 266 Å². The second-order valence-corrected chi connectivity index (χ2v) is 16.0. The number of nitrogens with zero attached hydrogens (tertiary/aromatic N) is 1. The van der Waals surface area contributed by atoms with Crippen molar-refractivity contribution < 1.29 is 0 Å². The Bertz CT molecular complexity index is 3320. The van der Waals surface area contributed by atoms with Crippen LogP contribution in [0, 0.1) is 0 Å². The van der Waals surface area contributed by atoms with Crippen molar-refractivity contribution in [2.24, 2.45) is 0 Å². The molecule has 0 spiro atoms. The first-order valence-electron chi connectivity index (χ1n) is 21.7. The van der Waals surface area contributed by atoms with Crippen molar-refractivity contribution >= 4 is 38.6 Å². The number of fused-ring (bicyclic) bond motifs is 2. The molecule has 0 saturated heterocycles. The lowest BCUT2D eigenvalue weighted by molar-refractivity contribution is 1.28. The first-order valence-corrected chi connectivity index (χ1v) is 21.7. The van der Waals surface area contributed by atoms with Crippen LogP contribution in [-0.2, 0) is 0 Å². The summed E-state index contributed by atoms with van der Waals surface area (Å²) >= 11 is 0. The summed E-state index contributed by atoms with van der Waals surface area (Å²) in [6, 6.07) is 94.6. The van der Waals surface area contributed by atoms with E-state index in [1.807, 2.05) is 0 Å². The second kappa shape index (κ2) is 16.7. The van der Waals surface area contributed by atoms with Gasteiger partial charge in [0.1, 0.15) is 0 Å². The minimum atomic E-state index is 1.10. The molecule has 0 fully saturated rings. The first kappa shape index (κ1) is 37.7. The molecule has 1 heteroatoms. The lowest BCUT2D eigenvalue weighted by atomic mass is 9.78. The van der Waals surface area contributed by atoms with Crippen LogP contribution >= 0.6 is 0 Å². The van der Waals surface area contributed by atoms with Crippen LogP contribution in [0.5, 0.6) is 0 Å². The number of hydrogen-bond donors (Lipinski definition) is 0. The molecule has 11 aromatic carbocycles. The van der Waals surface area contributed by atoms with Gasteiger partial charge in [-0.25, -0.2) is 0 Å². The van der Waals surface area contributed by atoms with E-state index in [-0.39, 0.29) is 0 Å². The Hall–Kier alpha value is -8.26. The smallest absolute Gasteiger partial charge is 0.0462 e. The van der Waals surface area contributed by atoms with E-state index in [4.69, 9.17) is 0 Å². The van der Waals surface area contributed by atoms with Crippen LogP contribution in [0.1, 0.15) is 0 Å². The van der Waals surface area contributed by atoms with Gasteiger partial charge in [0.2, 0.25) is 0 Å². The summed E-state index contributed by atoms with van der Waals surface area (Å²) in [5, 5.41) is 4.95. The average Bonchev–Trinajstić information content (AvgIpc) is 3.37. The summed E-state index contributed by atoms with van der Waals surface area (Å²) in [7, 11) is 0. The lowest BCUT2D eigenvalue weighted by Crippen LogP contribution is -2.09. The van der Waals surface area contributed by atoms with E-state index < -0.39 is 0 Å². The van der Waals surface area contributed by atoms with E-state index in [1.54, 1.807) is 0 Å². The molecule has 0 unspecified atom stereocenters. The Morgan fingerprint density at radius 1 is 0.206 bits per heavy atom. The topological polar surface area (TPSA) is 3.24 Å². The number of benzene rings is 11. The minimum Gasteiger partial charge on any atom is -0.311 e. The van der Waals surface area contributed by atoms with Gasteiger partial charge in [0.25, 0.3) is 0 Å². The maximum atomic E-state index is 2.42. The van der Waals surface area contributed by atoms with Crippen LogP contribution in [-0.4, -0.2) is 0 Å². The zero-order chi connectivity index (χ0) is 42.0. The predicted octanol–water partition coefficient (Wildman–Crippen LogP) is 17.5. The second-order valence-electron chi connectivity index (χ2n) is 16.0. The molecular formula is C62H43N. The molecule has 0 N–H and O–H groups in total. The van der Waals surface area contributed by atoms with E-state index in [0.717, 1.165) is 22.6 Å². The summed E-state index contributed by atoms with van der Waals surface area (Å²) in [6.45, 7) is 0. The summed E-state index contributed by atoms with van der Waals surface area (Å²) in [5.74, 6) is 0. The number of rotatable bonds is 9. The first-order chi connectivity index (χ1) is 31.3. The molecule has 0 heterocycles. The monoisotopic (exact) mass is 801 g/mol. The molecule has 0 saturated carbocycles. The maximum absolute atomic E-state index is 2.42. The Labute approximate surface area is 369 Å². The Balaban J connectivity index is 1.07. The van der Waals surface area contributed by atoms with Crippen LogP contribution in [0.15, 0.2) is 261 Å². The number of anilines is 3. The fourth-order valence-corrected chi connectivity index (χ4v) is 9.36. The highest BCUT2D eigenvalue weighted by Gasteiger charge is 2.24. The molecule has 11 aromatic rings. The lowest BCUT2D eigenvalue weighted by Gasteiger charge is -2.26. The third-order valence-electron chi connectivity index (χ3n) is 12.3. The van der Waals surface area contributed by atoms with Gasteiger partial charge in [0, 0.05) is 17.1 Å². The van der Waals surface area contributed by atoms with E-state index in [0.29, 0.717) is 0 Å². The van der Waals surface area contributed by atoms with Crippen molar-refractivity contribution in [1.82, 2.24) is 0 Å². The molecule has 63 heavy (non-hydrogen) atoms. The number of para-hydroxylation sites is 1. The van der Waals surface area contributed by atoms with Crippen molar-refractivity contribution in [2.45, 2.75) is 0 Å². The SMILES string of the molecule is c1ccc(-c2c(-c3ccccc3)c(-c3ccccc3)c3cc(-c4ccc(N(c5ccccc5)c5ccc(-c6cccc7ccccc67)cc5)cc4)ccc3c2-c2ccccc2)cc1. The quantitative estimate of drug-likeness (QED) is 0.141. The van der Waals surface area contributed by atoms with Crippen LogP contribution < -0.4 is 4.90 Å². The highest BCUT2D eigenvalue weighted by Crippen LogP contribution is 2.51. The molecular weight excluding hydrogens is 759 g/mol. The summed E-state index contributed by atoms with van der Waals surface area (Å²) < 4.78 is 0. The fraction of sp³-hybridized carbons (Fsp3) is 0. The molecule has 0 radical (unpaired) electrons. The highest BCUT2D eigenvalue weighted by molar-refractivity contribution is 6.19. The normalized spacial score (nSPS) is 11.2. The average molecular weight is 802 g/mol. The molecule has 0 amide bonds. The summed E-state index contributed by atoms with van der Waals surface area (Å²) in [4.78, 5) is 2.34. The molecule has 0 aromatic heterocycles. The van der Waals surface area contributed by atoms with Gasteiger partial charge in [0.15, 0.2) is 0 Å². The third-order valence-corrected chi connectivity index (χ3v) is 12.3. The van der Waals surface area contributed by atoms with Crippen molar-refractivity contribution in [1.29, 1.82) is 0 Å². The van der Waals surface area contributed by atoms with Crippen molar-refractivity contribution in [2.75, 3.05) is 4.90 Å². The summed E-state index contributed by atoms with van der Waals surface area (Å²) in [6.07, 6.45) is 0. The Kier molecular flexibility index (Phi) is 9.97. The van der Waals surface area contributed by atoms with Crippen molar-refractivity contribution in [3.05, 3.63) is 261 Å². The van der Waals surface area contributed by atoms with E-state index >= 15 is 0 Å². The van der Waals surface area contributed by atoms with Gasteiger partial charge in [-0.05, 0) is 131 Å². The van der Waals surface area contributed by atoms with Crippen LogP contribution in [0.4, 0.5) is 17.1 Å². The fourth-order valence-electron chi connectivity index (χ4n) is 9.36. The van der Waals surface area contributed by atoms with Gasteiger partial charge in [0.05, 0.1) is 0 Å². The third kappa shape index (κ3) is 7.16. The van der Waals surface area contributed by atoms with Crippen LogP contribution in [0.25, 0.3) is 88.3 Å². The standard InChI is InChI=1S/C62H43N/c1-6-20-47(21-7-1)59-57-42-37-51(43-58(57)60(48-22-8-2-9-23-48)62(50-26-12-4-13-27-50)61(59)49-24-10-3-11-25-49)44-33-38-53(39-34-44)63(52-29-14-5-15-30-52)54-40-35-46(36-41-54)56-32-18-28-45-19-16-17-31-55(45)56/h1-43H. The molecule has 11 rings (SSSR count). The van der Waals surface area contributed by atoms with Crippen molar-refractivity contribution in [3.8, 4) is 66.8 Å². The largest absolute Gasteiger partial charge is 0.311 e. The number of hydrogen-bond acceptors (Lipinski definition) is 1. The van der Waals surface area contributed by atoms with Gasteiger partial charge in [-0.2, -0.15) is 0 Å². The molecule has 0 bridgehead atoms. The van der Waals surface area contributed by atoms with Gasteiger partial charge >= 0.3 is 0 Å². The molecule has 0 atom stereocenters. The molecule has 296 valence electrons. The zero-order valence-corrected chi connectivity index (χ0v) is 34.8. The van der Waals surface area contributed by atoms with E-state index in [1.165, 1.54) is 82.7 Å².